The number of anilines is 1. The van der Waals surface area contributed by atoms with Crippen LogP contribution in [-0.4, -0.2) is 23.6 Å². The zero-order valence-electron chi connectivity index (χ0n) is 10.7. The fourth-order valence-corrected chi connectivity index (χ4v) is 1.69. The molecule has 0 aliphatic heterocycles. The zero-order chi connectivity index (χ0) is 12.8. The number of hydrogen-bond donors (Lipinski definition) is 1. The standard InChI is InChI=1S/C14H17N3O/c1-3-9-18-12-6-4-5-11(10-12)13-14(15-2)17-8-7-16-13/h4-8,10H,3,9H2,1-2H3,(H,15,17). The fourth-order valence-electron chi connectivity index (χ4n) is 1.69. The van der Waals surface area contributed by atoms with Crippen LogP contribution < -0.4 is 10.1 Å². The lowest BCUT2D eigenvalue weighted by Gasteiger charge is -2.09. The molecular formula is C14H17N3O. The summed E-state index contributed by atoms with van der Waals surface area (Å²) in [7, 11) is 1.84. The third kappa shape index (κ3) is 2.77. The molecule has 2 aromatic rings. The largest absolute Gasteiger partial charge is 0.494 e. The molecule has 0 aliphatic rings. The molecule has 0 atom stereocenters. The second kappa shape index (κ2) is 6.00. The lowest BCUT2D eigenvalue weighted by molar-refractivity contribution is 0.317. The van der Waals surface area contributed by atoms with Gasteiger partial charge in [-0.2, -0.15) is 0 Å². The van der Waals surface area contributed by atoms with Crippen LogP contribution in [0.3, 0.4) is 0 Å². The molecule has 1 N–H and O–H groups in total. The number of rotatable bonds is 5. The van der Waals surface area contributed by atoms with Crippen molar-refractivity contribution in [2.45, 2.75) is 13.3 Å². The van der Waals surface area contributed by atoms with Gasteiger partial charge in [0.2, 0.25) is 0 Å². The third-order valence-electron chi connectivity index (χ3n) is 2.52. The van der Waals surface area contributed by atoms with Crippen LogP contribution in [-0.2, 0) is 0 Å². The van der Waals surface area contributed by atoms with Crippen LogP contribution in [0, 0.1) is 0 Å². The van der Waals surface area contributed by atoms with Crippen molar-refractivity contribution in [2.75, 3.05) is 19.0 Å². The van der Waals surface area contributed by atoms with Crippen molar-refractivity contribution in [2.24, 2.45) is 0 Å². The number of aromatic nitrogens is 2. The van der Waals surface area contributed by atoms with Gasteiger partial charge in [0.25, 0.3) is 0 Å². The summed E-state index contributed by atoms with van der Waals surface area (Å²) in [5.41, 5.74) is 1.84. The first-order valence-corrected chi connectivity index (χ1v) is 6.07. The Morgan fingerprint density at radius 1 is 1.22 bits per heavy atom. The fraction of sp³-hybridized carbons (Fsp3) is 0.286. The number of nitrogens with zero attached hydrogens (tertiary/aromatic N) is 2. The molecule has 0 spiro atoms. The third-order valence-corrected chi connectivity index (χ3v) is 2.52. The van der Waals surface area contributed by atoms with Crippen molar-refractivity contribution in [3.8, 4) is 17.0 Å². The van der Waals surface area contributed by atoms with Crippen molar-refractivity contribution < 1.29 is 4.74 Å². The molecule has 0 saturated heterocycles. The van der Waals surface area contributed by atoms with Crippen LogP contribution in [0.5, 0.6) is 5.75 Å². The number of nitrogens with one attached hydrogen (secondary N) is 1. The quantitative estimate of drug-likeness (QED) is 0.877. The molecule has 18 heavy (non-hydrogen) atoms. The Morgan fingerprint density at radius 2 is 2.06 bits per heavy atom. The molecule has 0 unspecified atom stereocenters. The van der Waals surface area contributed by atoms with E-state index in [-0.39, 0.29) is 0 Å². The number of hydrogen-bond acceptors (Lipinski definition) is 4. The second-order valence-corrected chi connectivity index (χ2v) is 3.88. The summed E-state index contributed by atoms with van der Waals surface area (Å²) in [6.07, 6.45) is 4.36. The maximum absolute atomic E-state index is 5.62. The van der Waals surface area contributed by atoms with Gasteiger partial charge in [-0.3, -0.25) is 4.98 Å². The molecule has 0 radical (unpaired) electrons. The van der Waals surface area contributed by atoms with Gasteiger partial charge in [0.15, 0.2) is 5.82 Å². The van der Waals surface area contributed by atoms with E-state index < -0.39 is 0 Å². The molecule has 0 bridgehead atoms. The van der Waals surface area contributed by atoms with E-state index in [4.69, 9.17) is 4.74 Å². The number of ether oxygens (including phenoxy) is 1. The topological polar surface area (TPSA) is 47.0 Å². The van der Waals surface area contributed by atoms with E-state index in [1.807, 2.05) is 31.3 Å². The molecule has 0 amide bonds. The van der Waals surface area contributed by atoms with Gasteiger partial charge >= 0.3 is 0 Å². The Bertz CT molecular complexity index is 514. The van der Waals surface area contributed by atoms with E-state index in [2.05, 4.69) is 22.2 Å². The van der Waals surface area contributed by atoms with E-state index in [1.165, 1.54) is 0 Å². The first-order valence-electron chi connectivity index (χ1n) is 6.07. The summed E-state index contributed by atoms with van der Waals surface area (Å²) >= 11 is 0. The predicted octanol–water partition coefficient (Wildman–Crippen LogP) is 2.97. The van der Waals surface area contributed by atoms with E-state index in [0.29, 0.717) is 0 Å². The molecule has 1 aromatic heterocycles. The summed E-state index contributed by atoms with van der Waals surface area (Å²) in [6, 6.07) is 7.91. The van der Waals surface area contributed by atoms with E-state index in [1.54, 1.807) is 12.4 Å². The minimum Gasteiger partial charge on any atom is -0.494 e. The van der Waals surface area contributed by atoms with Crippen molar-refractivity contribution >= 4 is 5.82 Å². The first kappa shape index (κ1) is 12.4. The summed E-state index contributed by atoms with van der Waals surface area (Å²) in [4.78, 5) is 8.61. The minimum atomic E-state index is 0.725. The van der Waals surface area contributed by atoms with Gasteiger partial charge in [-0.05, 0) is 18.6 Å². The zero-order valence-corrected chi connectivity index (χ0v) is 10.7. The minimum absolute atomic E-state index is 0.725. The summed E-state index contributed by atoms with van der Waals surface area (Å²) < 4.78 is 5.62. The molecule has 4 heteroatoms. The lowest BCUT2D eigenvalue weighted by atomic mass is 10.1. The lowest BCUT2D eigenvalue weighted by Crippen LogP contribution is -1.98. The molecular weight excluding hydrogens is 226 g/mol. The van der Waals surface area contributed by atoms with Gasteiger partial charge in [0.05, 0.1) is 6.61 Å². The molecule has 1 aromatic carbocycles. The Labute approximate surface area is 107 Å². The Balaban J connectivity index is 2.32. The first-order chi connectivity index (χ1) is 8.85. The predicted molar refractivity (Wildman–Crippen MR) is 72.8 cm³/mol. The highest BCUT2D eigenvalue weighted by molar-refractivity contribution is 5.71. The number of benzene rings is 1. The van der Waals surface area contributed by atoms with Crippen LogP contribution in [0.25, 0.3) is 11.3 Å². The normalized spacial score (nSPS) is 10.1. The van der Waals surface area contributed by atoms with Crippen molar-refractivity contribution in [3.63, 3.8) is 0 Å². The monoisotopic (exact) mass is 243 g/mol. The van der Waals surface area contributed by atoms with Crippen LogP contribution in [0.1, 0.15) is 13.3 Å². The van der Waals surface area contributed by atoms with Crippen molar-refractivity contribution in [3.05, 3.63) is 36.7 Å². The van der Waals surface area contributed by atoms with Crippen LogP contribution in [0.2, 0.25) is 0 Å². The molecule has 0 aliphatic carbocycles. The van der Waals surface area contributed by atoms with Crippen molar-refractivity contribution in [1.29, 1.82) is 0 Å². The average Bonchev–Trinajstić information content (AvgIpc) is 2.45. The SMILES string of the molecule is CCCOc1cccc(-c2nccnc2NC)c1. The summed E-state index contributed by atoms with van der Waals surface area (Å²) in [6.45, 7) is 2.81. The van der Waals surface area contributed by atoms with Crippen molar-refractivity contribution in [1.82, 2.24) is 9.97 Å². The van der Waals surface area contributed by atoms with Gasteiger partial charge in [-0.1, -0.05) is 19.1 Å². The maximum Gasteiger partial charge on any atom is 0.152 e. The Morgan fingerprint density at radius 3 is 2.83 bits per heavy atom. The van der Waals surface area contributed by atoms with Crippen LogP contribution in [0.15, 0.2) is 36.7 Å². The molecule has 2 rings (SSSR count). The van der Waals surface area contributed by atoms with E-state index >= 15 is 0 Å². The molecule has 94 valence electrons. The van der Waals surface area contributed by atoms with Gasteiger partial charge in [0.1, 0.15) is 11.4 Å². The Hall–Kier alpha value is -2.10. The molecule has 1 heterocycles. The second-order valence-electron chi connectivity index (χ2n) is 3.88. The van der Waals surface area contributed by atoms with Gasteiger partial charge in [-0.25, -0.2) is 4.98 Å². The van der Waals surface area contributed by atoms with E-state index in [0.717, 1.165) is 35.9 Å². The highest BCUT2D eigenvalue weighted by atomic mass is 16.5. The van der Waals surface area contributed by atoms with Crippen LogP contribution in [0.4, 0.5) is 5.82 Å². The Kier molecular flexibility index (Phi) is 4.12. The highest BCUT2D eigenvalue weighted by Gasteiger charge is 2.07. The van der Waals surface area contributed by atoms with Gasteiger partial charge in [-0.15, -0.1) is 0 Å². The average molecular weight is 243 g/mol. The highest BCUT2D eigenvalue weighted by Crippen LogP contribution is 2.26. The van der Waals surface area contributed by atoms with Gasteiger partial charge < -0.3 is 10.1 Å². The molecule has 4 nitrogen and oxygen atoms in total. The molecule has 0 saturated carbocycles. The maximum atomic E-state index is 5.62. The van der Waals surface area contributed by atoms with Gasteiger partial charge in [0, 0.05) is 25.0 Å². The van der Waals surface area contributed by atoms with E-state index in [9.17, 15) is 0 Å². The summed E-state index contributed by atoms with van der Waals surface area (Å²) in [5, 5.41) is 3.04. The molecule has 0 fully saturated rings. The smallest absolute Gasteiger partial charge is 0.152 e. The summed E-state index contributed by atoms with van der Waals surface area (Å²) in [5.74, 6) is 1.63. The van der Waals surface area contributed by atoms with Crippen LogP contribution >= 0.6 is 0 Å².